The monoisotopic (exact) mass is 176 g/mol. The van der Waals surface area contributed by atoms with Gasteiger partial charge in [0, 0.05) is 13.1 Å². The summed E-state index contributed by atoms with van der Waals surface area (Å²) in [4.78, 5) is 0. The van der Waals surface area contributed by atoms with Crippen LogP contribution >= 0.6 is 0 Å². The van der Waals surface area contributed by atoms with Gasteiger partial charge in [-0.25, -0.2) is 0 Å². The quantitative estimate of drug-likeness (QED) is 0.553. The molecule has 1 N–H and O–H groups in total. The smallest absolute Gasteiger partial charge is 0.273 e. The van der Waals surface area contributed by atoms with Gasteiger partial charge in [0.05, 0.1) is 12.0 Å². The SMILES string of the molecule is N#CC1CCN(S(=O)(=O)O)C1. The zero-order valence-electron chi connectivity index (χ0n) is 5.77. The average molecular weight is 176 g/mol. The van der Waals surface area contributed by atoms with Crippen LogP contribution in [-0.2, 0) is 10.3 Å². The molecular weight excluding hydrogens is 168 g/mol. The summed E-state index contributed by atoms with van der Waals surface area (Å²) in [5.41, 5.74) is 0. The van der Waals surface area contributed by atoms with Crippen molar-refractivity contribution >= 4 is 10.3 Å². The fourth-order valence-corrected chi connectivity index (χ4v) is 1.75. The van der Waals surface area contributed by atoms with Crippen molar-refractivity contribution in [3.8, 4) is 6.07 Å². The molecule has 1 aliphatic heterocycles. The van der Waals surface area contributed by atoms with E-state index in [1.807, 2.05) is 6.07 Å². The van der Waals surface area contributed by atoms with Crippen LogP contribution in [0.1, 0.15) is 6.42 Å². The van der Waals surface area contributed by atoms with Gasteiger partial charge in [0.1, 0.15) is 0 Å². The highest BCUT2D eigenvalue weighted by atomic mass is 32.2. The Hall–Kier alpha value is -0.640. The molecular formula is C5H8N2O3S. The second-order valence-electron chi connectivity index (χ2n) is 2.45. The highest BCUT2D eigenvalue weighted by Gasteiger charge is 2.29. The maximum atomic E-state index is 10.5. The van der Waals surface area contributed by atoms with Crippen molar-refractivity contribution in [3.63, 3.8) is 0 Å². The molecule has 6 heteroatoms. The summed E-state index contributed by atoms with van der Waals surface area (Å²) in [7, 11) is -4.06. The van der Waals surface area contributed by atoms with Gasteiger partial charge in [-0.3, -0.25) is 4.55 Å². The van der Waals surface area contributed by atoms with E-state index in [0.29, 0.717) is 6.42 Å². The van der Waals surface area contributed by atoms with Crippen LogP contribution in [0.15, 0.2) is 0 Å². The van der Waals surface area contributed by atoms with Gasteiger partial charge >= 0.3 is 10.3 Å². The maximum Gasteiger partial charge on any atom is 0.335 e. The third kappa shape index (κ3) is 1.89. The van der Waals surface area contributed by atoms with Crippen LogP contribution in [0.25, 0.3) is 0 Å². The summed E-state index contributed by atoms with van der Waals surface area (Å²) in [6, 6.07) is 1.95. The third-order valence-corrected chi connectivity index (χ3v) is 2.64. The van der Waals surface area contributed by atoms with Gasteiger partial charge in [0.25, 0.3) is 0 Å². The Labute approximate surface area is 65.1 Å². The Kier molecular flexibility index (Phi) is 2.13. The van der Waals surface area contributed by atoms with Crippen molar-refractivity contribution in [2.45, 2.75) is 6.42 Å². The van der Waals surface area contributed by atoms with Crippen LogP contribution in [0.3, 0.4) is 0 Å². The van der Waals surface area contributed by atoms with E-state index in [0.717, 1.165) is 4.31 Å². The van der Waals surface area contributed by atoms with E-state index in [1.165, 1.54) is 0 Å². The zero-order chi connectivity index (χ0) is 8.48. The fraction of sp³-hybridized carbons (Fsp3) is 0.800. The Bertz CT molecular complexity index is 279. The largest absolute Gasteiger partial charge is 0.335 e. The van der Waals surface area contributed by atoms with Gasteiger partial charge in [0.2, 0.25) is 0 Å². The summed E-state index contributed by atoms with van der Waals surface area (Å²) < 4.78 is 30.4. The molecule has 0 saturated carbocycles. The van der Waals surface area contributed by atoms with Crippen molar-refractivity contribution in [2.24, 2.45) is 5.92 Å². The Morgan fingerprint density at radius 1 is 1.64 bits per heavy atom. The second-order valence-corrected chi connectivity index (χ2v) is 3.86. The molecule has 0 amide bonds. The molecule has 0 aromatic carbocycles. The minimum Gasteiger partial charge on any atom is -0.273 e. The van der Waals surface area contributed by atoms with Crippen molar-refractivity contribution < 1.29 is 13.0 Å². The first-order valence-electron chi connectivity index (χ1n) is 3.16. The Morgan fingerprint density at radius 2 is 2.27 bits per heavy atom. The van der Waals surface area contributed by atoms with Crippen molar-refractivity contribution in [2.75, 3.05) is 13.1 Å². The molecule has 0 spiro atoms. The van der Waals surface area contributed by atoms with Gasteiger partial charge in [-0.1, -0.05) is 0 Å². The van der Waals surface area contributed by atoms with E-state index in [1.54, 1.807) is 0 Å². The third-order valence-electron chi connectivity index (χ3n) is 1.66. The topological polar surface area (TPSA) is 81.4 Å². The van der Waals surface area contributed by atoms with E-state index in [9.17, 15) is 8.42 Å². The van der Waals surface area contributed by atoms with E-state index in [-0.39, 0.29) is 19.0 Å². The first kappa shape index (κ1) is 8.46. The highest BCUT2D eigenvalue weighted by molar-refractivity contribution is 7.83. The van der Waals surface area contributed by atoms with Crippen LogP contribution in [0.4, 0.5) is 0 Å². The molecule has 0 radical (unpaired) electrons. The summed E-state index contributed by atoms with van der Waals surface area (Å²) in [6.07, 6.45) is 0.510. The highest BCUT2D eigenvalue weighted by Crippen LogP contribution is 2.16. The second kappa shape index (κ2) is 2.77. The number of rotatable bonds is 1. The molecule has 62 valence electrons. The summed E-state index contributed by atoms with van der Waals surface area (Å²) in [6.45, 7) is 0.367. The number of hydrogen-bond acceptors (Lipinski definition) is 3. The molecule has 1 atom stereocenters. The molecule has 1 fully saturated rings. The molecule has 1 rings (SSSR count). The van der Waals surface area contributed by atoms with Gasteiger partial charge in [-0.15, -0.1) is 0 Å². The van der Waals surface area contributed by atoms with Gasteiger partial charge in [-0.05, 0) is 6.42 Å². The minimum atomic E-state index is -4.06. The summed E-state index contributed by atoms with van der Waals surface area (Å²) in [5, 5.41) is 8.40. The van der Waals surface area contributed by atoms with Crippen molar-refractivity contribution in [1.29, 1.82) is 5.26 Å². The standard InChI is InChI=1S/C5H8N2O3S/c6-3-5-1-2-7(4-5)11(8,9)10/h5H,1-2,4H2,(H,8,9,10). The average Bonchev–Trinajstić information content (AvgIpc) is 2.32. The molecule has 0 aliphatic carbocycles. The Balaban J connectivity index is 2.64. The lowest BCUT2D eigenvalue weighted by molar-refractivity contribution is 0.387. The maximum absolute atomic E-state index is 10.5. The first-order chi connectivity index (χ1) is 5.04. The summed E-state index contributed by atoms with van der Waals surface area (Å²) in [5.74, 6) is -0.267. The minimum absolute atomic E-state index is 0.120. The van der Waals surface area contributed by atoms with E-state index < -0.39 is 10.3 Å². The van der Waals surface area contributed by atoms with Crippen LogP contribution in [-0.4, -0.2) is 30.4 Å². The lowest BCUT2D eigenvalue weighted by Crippen LogP contribution is -2.27. The van der Waals surface area contributed by atoms with E-state index in [2.05, 4.69) is 0 Å². The fourth-order valence-electron chi connectivity index (χ4n) is 1.04. The molecule has 1 heterocycles. The molecule has 1 unspecified atom stereocenters. The zero-order valence-corrected chi connectivity index (χ0v) is 6.58. The van der Waals surface area contributed by atoms with Crippen LogP contribution in [0.5, 0.6) is 0 Å². The predicted octanol–water partition coefficient (Wildman–Crippen LogP) is -0.365. The summed E-state index contributed by atoms with van der Waals surface area (Å²) >= 11 is 0. The van der Waals surface area contributed by atoms with E-state index in [4.69, 9.17) is 9.81 Å². The number of nitrogens with zero attached hydrogens (tertiary/aromatic N) is 2. The van der Waals surface area contributed by atoms with Crippen LogP contribution < -0.4 is 0 Å². The molecule has 0 bridgehead atoms. The van der Waals surface area contributed by atoms with E-state index >= 15 is 0 Å². The molecule has 1 saturated heterocycles. The number of hydrogen-bond donors (Lipinski definition) is 1. The van der Waals surface area contributed by atoms with Crippen LogP contribution in [0, 0.1) is 17.2 Å². The molecule has 1 aliphatic rings. The van der Waals surface area contributed by atoms with Crippen molar-refractivity contribution in [1.82, 2.24) is 4.31 Å². The Morgan fingerprint density at radius 3 is 2.55 bits per heavy atom. The van der Waals surface area contributed by atoms with Crippen LogP contribution in [0.2, 0.25) is 0 Å². The molecule has 0 aromatic heterocycles. The molecule has 0 aromatic rings. The van der Waals surface area contributed by atoms with Gasteiger partial charge in [-0.2, -0.15) is 18.0 Å². The normalized spacial score (nSPS) is 26.7. The van der Waals surface area contributed by atoms with Gasteiger partial charge in [0.15, 0.2) is 0 Å². The van der Waals surface area contributed by atoms with Crippen molar-refractivity contribution in [3.05, 3.63) is 0 Å². The predicted molar refractivity (Wildman–Crippen MR) is 36.8 cm³/mol. The molecule has 5 nitrogen and oxygen atoms in total. The number of nitriles is 1. The lowest BCUT2D eigenvalue weighted by atomic mass is 10.1. The lowest BCUT2D eigenvalue weighted by Gasteiger charge is -2.08. The van der Waals surface area contributed by atoms with Gasteiger partial charge < -0.3 is 0 Å². The molecule has 11 heavy (non-hydrogen) atoms. The first-order valence-corrected chi connectivity index (χ1v) is 4.56.